The Morgan fingerprint density at radius 1 is 1.24 bits per heavy atom. The Morgan fingerprint density at radius 3 is 2.80 bits per heavy atom. The Labute approximate surface area is 149 Å². The molecule has 5 nitrogen and oxygen atoms in total. The van der Waals surface area contributed by atoms with Crippen LogP contribution in [-0.4, -0.2) is 41.0 Å². The number of nitrogens with zero attached hydrogens (tertiary/aromatic N) is 4. The first-order valence-corrected chi connectivity index (χ1v) is 8.87. The molecule has 0 spiro atoms. The SMILES string of the molecule is CC1(C)Cc2c(cnn2-c2ccccc2)CN(CCOCCC#N)C1. The van der Waals surface area contributed by atoms with E-state index in [1.54, 1.807) is 0 Å². The first-order valence-electron chi connectivity index (χ1n) is 8.87. The summed E-state index contributed by atoms with van der Waals surface area (Å²) >= 11 is 0. The Kier molecular flexibility index (Phi) is 5.52. The quantitative estimate of drug-likeness (QED) is 0.759. The number of nitriles is 1. The van der Waals surface area contributed by atoms with Crippen molar-refractivity contribution in [2.75, 3.05) is 26.3 Å². The van der Waals surface area contributed by atoms with E-state index in [4.69, 9.17) is 10.00 Å². The van der Waals surface area contributed by atoms with Gasteiger partial charge in [-0.3, -0.25) is 4.90 Å². The average molecular weight is 338 g/mol. The molecule has 25 heavy (non-hydrogen) atoms. The summed E-state index contributed by atoms with van der Waals surface area (Å²) in [6, 6.07) is 12.5. The highest BCUT2D eigenvalue weighted by atomic mass is 16.5. The molecule has 2 heterocycles. The standard InChI is InChI=1S/C20H26N4O/c1-20(2)13-19-17(14-22-24(19)18-7-4-3-5-8-18)15-23(16-20)10-12-25-11-6-9-21/h3-5,7-8,14H,6,10-13,15-16H2,1-2H3. The molecule has 3 rings (SSSR count). The summed E-state index contributed by atoms with van der Waals surface area (Å²) in [6.07, 6.45) is 3.47. The molecule has 1 aromatic heterocycles. The lowest BCUT2D eigenvalue weighted by Gasteiger charge is -2.29. The van der Waals surface area contributed by atoms with Crippen LogP contribution < -0.4 is 0 Å². The first kappa shape index (κ1) is 17.7. The predicted octanol–water partition coefficient (Wildman–Crippen LogP) is 3.19. The van der Waals surface area contributed by atoms with Gasteiger partial charge in [0.15, 0.2) is 0 Å². The van der Waals surface area contributed by atoms with Gasteiger partial charge in [-0.25, -0.2) is 4.68 Å². The number of hydrogen-bond acceptors (Lipinski definition) is 4. The van der Waals surface area contributed by atoms with Crippen molar-refractivity contribution in [3.63, 3.8) is 0 Å². The third-order valence-corrected chi connectivity index (χ3v) is 4.56. The number of ether oxygens (including phenoxy) is 1. The molecular weight excluding hydrogens is 312 g/mol. The smallest absolute Gasteiger partial charge is 0.0648 e. The fourth-order valence-electron chi connectivity index (χ4n) is 3.50. The van der Waals surface area contributed by atoms with Crippen molar-refractivity contribution in [1.82, 2.24) is 14.7 Å². The van der Waals surface area contributed by atoms with E-state index in [1.807, 2.05) is 12.3 Å². The summed E-state index contributed by atoms with van der Waals surface area (Å²) in [5.74, 6) is 0. The molecule has 0 atom stereocenters. The fourth-order valence-corrected chi connectivity index (χ4v) is 3.50. The van der Waals surface area contributed by atoms with E-state index in [-0.39, 0.29) is 5.41 Å². The highest BCUT2D eigenvalue weighted by molar-refractivity contribution is 5.35. The molecule has 0 N–H and O–H groups in total. The number of rotatable bonds is 6. The van der Waals surface area contributed by atoms with E-state index in [0.717, 1.165) is 31.7 Å². The Hall–Kier alpha value is -2.16. The fraction of sp³-hybridized carbons (Fsp3) is 0.500. The third-order valence-electron chi connectivity index (χ3n) is 4.56. The van der Waals surface area contributed by atoms with Crippen molar-refractivity contribution in [2.24, 2.45) is 5.41 Å². The second-order valence-corrected chi connectivity index (χ2v) is 7.44. The lowest BCUT2D eigenvalue weighted by Crippen LogP contribution is -2.35. The van der Waals surface area contributed by atoms with Gasteiger partial charge in [-0.2, -0.15) is 10.4 Å². The van der Waals surface area contributed by atoms with Crippen LogP contribution in [0.4, 0.5) is 0 Å². The van der Waals surface area contributed by atoms with Gasteiger partial charge in [-0.05, 0) is 24.0 Å². The minimum absolute atomic E-state index is 0.171. The van der Waals surface area contributed by atoms with E-state index in [0.29, 0.717) is 19.6 Å². The van der Waals surface area contributed by atoms with Gasteiger partial charge < -0.3 is 4.74 Å². The lowest BCUT2D eigenvalue weighted by atomic mass is 9.87. The van der Waals surface area contributed by atoms with Crippen molar-refractivity contribution in [2.45, 2.75) is 33.2 Å². The number of aromatic nitrogens is 2. The zero-order valence-electron chi connectivity index (χ0n) is 15.1. The van der Waals surface area contributed by atoms with Crippen molar-refractivity contribution >= 4 is 0 Å². The van der Waals surface area contributed by atoms with E-state index in [1.165, 1.54) is 11.3 Å². The molecule has 132 valence electrons. The van der Waals surface area contributed by atoms with Crippen LogP contribution in [0.15, 0.2) is 36.5 Å². The van der Waals surface area contributed by atoms with Crippen molar-refractivity contribution in [3.05, 3.63) is 47.8 Å². The highest BCUT2D eigenvalue weighted by Crippen LogP contribution is 2.31. The maximum atomic E-state index is 8.58. The van der Waals surface area contributed by atoms with E-state index < -0.39 is 0 Å². The van der Waals surface area contributed by atoms with Gasteiger partial charge in [0.2, 0.25) is 0 Å². The zero-order chi connectivity index (χ0) is 17.7. The van der Waals surface area contributed by atoms with E-state index in [9.17, 15) is 0 Å². The van der Waals surface area contributed by atoms with Crippen LogP contribution in [-0.2, 0) is 17.7 Å². The molecular formula is C20H26N4O. The van der Waals surface area contributed by atoms with Gasteiger partial charge >= 0.3 is 0 Å². The monoisotopic (exact) mass is 338 g/mol. The second-order valence-electron chi connectivity index (χ2n) is 7.44. The first-order chi connectivity index (χ1) is 12.1. The lowest BCUT2D eigenvalue weighted by molar-refractivity contribution is 0.0898. The summed E-state index contributed by atoms with van der Waals surface area (Å²) in [6.45, 7) is 8.61. The van der Waals surface area contributed by atoms with Crippen molar-refractivity contribution < 1.29 is 4.74 Å². The molecule has 5 heteroatoms. The zero-order valence-corrected chi connectivity index (χ0v) is 15.1. The Morgan fingerprint density at radius 2 is 2.04 bits per heavy atom. The van der Waals surface area contributed by atoms with Crippen LogP contribution in [0.1, 0.15) is 31.5 Å². The number of hydrogen-bond donors (Lipinski definition) is 0. The summed E-state index contributed by atoms with van der Waals surface area (Å²) in [5.41, 5.74) is 3.90. The molecule has 0 bridgehead atoms. The molecule has 0 unspecified atom stereocenters. The molecule has 0 amide bonds. The number of benzene rings is 1. The largest absolute Gasteiger partial charge is 0.379 e. The van der Waals surface area contributed by atoms with Crippen LogP contribution in [0.3, 0.4) is 0 Å². The number of fused-ring (bicyclic) bond motifs is 1. The van der Waals surface area contributed by atoms with Gasteiger partial charge in [0.05, 0.1) is 37.6 Å². The molecule has 0 aliphatic carbocycles. The van der Waals surface area contributed by atoms with Crippen LogP contribution >= 0.6 is 0 Å². The molecule has 0 radical (unpaired) electrons. The molecule has 2 aromatic rings. The minimum atomic E-state index is 0.171. The van der Waals surface area contributed by atoms with Gasteiger partial charge in [0.25, 0.3) is 0 Å². The molecule has 1 aliphatic heterocycles. The molecule has 0 saturated carbocycles. The molecule has 1 aromatic carbocycles. The summed E-state index contributed by atoms with van der Waals surface area (Å²) in [5, 5.41) is 13.2. The maximum Gasteiger partial charge on any atom is 0.0648 e. The normalized spacial score (nSPS) is 16.8. The molecule has 1 aliphatic rings. The van der Waals surface area contributed by atoms with Gasteiger partial charge in [0, 0.05) is 30.9 Å². The summed E-state index contributed by atoms with van der Waals surface area (Å²) in [4.78, 5) is 2.44. The third kappa shape index (κ3) is 4.47. The Balaban J connectivity index is 1.75. The Bertz CT molecular complexity index is 730. The highest BCUT2D eigenvalue weighted by Gasteiger charge is 2.30. The second kappa shape index (κ2) is 7.81. The van der Waals surface area contributed by atoms with Crippen molar-refractivity contribution in [3.8, 4) is 11.8 Å². The van der Waals surface area contributed by atoms with Crippen LogP contribution in [0, 0.1) is 16.7 Å². The molecule has 0 fully saturated rings. The van der Waals surface area contributed by atoms with Crippen LogP contribution in [0.2, 0.25) is 0 Å². The van der Waals surface area contributed by atoms with Crippen LogP contribution in [0.25, 0.3) is 5.69 Å². The van der Waals surface area contributed by atoms with Gasteiger partial charge in [-0.15, -0.1) is 0 Å². The minimum Gasteiger partial charge on any atom is -0.379 e. The van der Waals surface area contributed by atoms with Crippen molar-refractivity contribution in [1.29, 1.82) is 5.26 Å². The topological polar surface area (TPSA) is 54.1 Å². The van der Waals surface area contributed by atoms with E-state index in [2.05, 4.69) is 58.9 Å². The van der Waals surface area contributed by atoms with E-state index >= 15 is 0 Å². The average Bonchev–Trinajstić information content (AvgIpc) is 2.90. The molecule has 0 saturated heterocycles. The summed E-state index contributed by atoms with van der Waals surface area (Å²) < 4.78 is 7.65. The summed E-state index contributed by atoms with van der Waals surface area (Å²) in [7, 11) is 0. The van der Waals surface area contributed by atoms with Crippen LogP contribution in [0.5, 0.6) is 0 Å². The van der Waals surface area contributed by atoms with Gasteiger partial charge in [0.1, 0.15) is 0 Å². The number of para-hydroxylation sites is 1. The predicted molar refractivity (Wildman–Crippen MR) is 97.4 cm³/mol. The maximum absolute atomic E-state index is 8.58. The van der Waals surface area contributed by atoms with Gasteiger partial charge in [-0.1, -0.05) is 32.0 Å².